The Bertz CT molecular complexity index is 553. The zero-order valence-electron chi connectivity index (χ0n) is 14.0. The molecule has 0 spiro atoms. The van der Waals surface area contributed by atoms with Crippen LogP contribution in [0.3, 0.4) is 0 Å². The number of nitrogens with zero attached hydrogens (tertiary/aromatic N) is 1. The molecule has 23 heavy (non-hydrogen) atoms. The fourth-order valence-corrected chi connectivity index (χ4v) is 2.61. The zero-order valence-corrected chi connectivity index (χ0v) is 14.0. The third kappa shape index (κ3) is 4.65. The molecule has 0 unspecified atom stereocenters. The van der Waals surface area contributed by atoms with Gasteiger partial charge in [-0.25, -0.2) is 9.18 Å². The Morgan fingerprint density at radius 2 is 2.30 bits per heavy atom. The number of rotatable bonds is 5. The molecule has 1 fully saturated rings. The first-order chi connectivity index (χ1) is 11.0. The van der Waals surface area contributed by atoms with Crippen molar-refractivity contribution in [3.63, 3.8) is 0 Å². The minimum Gasteiger partial charge on any atom is -0.380 e. The second-order valence-electron chi connectivity index (χ2n) is 6.09. The summed E-state index contributed by atoms with van der Waals surface area (Å²) in [7, 11) is 1.52. The molecule has 2 amide bonds. The van der Waals surface area contributed by atoms with E-state index in [-0.39, 0.29) is 24.1 Å². The molecule has 1 aliphatic heterocycles. The van der Waals surface area contributed by atoms with E-state index >= 15 is 0 Å². The van der Waals surface area contributed by atoms with Gasteiger partial charge in [-0.1, -0.05) is 13.0 Å². The highest BCUT2D eigenvalue weighted by atomic mass is 19.1. The highest BCUT2D eigenvalue weighted by Crippen LogP contribution is 2.21. The van der Waals surface area contributed by atoms with Gasteiger partial charge in [-0.3, -0.25) is 0 Å². The number of halogens is 1. The summed E-state index contributed by atoms with van der Waals surface area (Å²) in [4.78, 5) is 14.1. The van der Waals surface area contributed by atoms with Gasteiger partial charge in [-0.2, -0.15) is 0 Å². The lowest BCUT2D eigenvalue weighted by molar-refractivity contribution is -0.0872. The number of carbonyl (C=O) groups excluding carboxylic acids is 1. The predicted molar refractivity (Wildman–Crippen MR) is 85.6 cm³/mol. The fraction of sp³-hybridized carbons (Fsp3) is 0.588. The van der Waals surface area contributed by atoms with Gasteiger partial charge in [-0.15, -0.1) is 0 Å². The fourth-order valence-electron chi connectivity index (χ4n) is 2.61. The van der Waals surface area contributed by atoms with Gasteiger partial charge in [0.2, 0.25) is 0 Å². The minimum absolute atomic E-state index is 0.120. The van der Waals surface area contributed by atoms with Crippen molar-refractivity contribution < 1.29 is 18.7 Å². The molecule has 1 atom stereocenters. The van der Waals surface area contributed by atoms with E-state index < -0.39 is 0 Å². The van der Waals surface area contributed by atoms with E-state index in [0.29, 0.717) is 31.8 Å². The van der Waals surface area contributed by atoms with Gasteiger partial charge in [-0.05, 0) is 31.0 Å². The second kappa shape index (κ2) is 7.75. The van der Waals surface area contributed by atoms with Crippen LogP contribution in [0.1, 0.15) is 31.4 Å². The van der Waals surface area contributed by atoms with Gasteiger partial charge >= 0.3 is 6.03 Å². The number of nitrogens with one attached hydrogen (secondary N) is 1. The highest BCUT2D eigenvalue weighted by Gasteiger charge is 2.32. The molecule has 1 N–H and O–H groups in total. The van der Waals surface area contributed by atoms with E-state index in [1.165, 1.54) is 13.2 Å². The number of methoxy groups -OCH3 is 1. The summed E-state index contributed by atoms with van der Waals surface area (Å²) >= 11 is 0. The summed E-state index contributed by atoms with van der Waals surface area (Å²) in [6.07, 6.45) is 0.856. The first kappa shape index (κ1) is 17.7. The molecule has 0 aliphatic carbocycles. The summed E-state index contributed by atoms with van der Waals surface area (Å²) in [6, 6.07) is 4.67. The molecular weight excluding hydrogens is 299 g/mol. The Hall–Kier alpha value is -1.66. The van der Waals surface area contributed by atoms with Crippen molar-refractivity contribution in [1.29, 1.82) is 0 Å². The first-order valence-electron chi connectivity index (χ1n) is 7.90. The number of hydrogen-bond donors (Lipinski definition) is 1. The maximum absolute atomic E-state index is 13.6. The van der Waals surface area contributed by atoms with Gasteiger partial charge in [0.15, 0.2) is 0 Å². The van der Waals surface area contributed by atoms with Crippen LogP contribution < -0.4 is 5.32 Å². The number of benzene rings is 1. The van der Waals surface area contributed by atoms with Crippen LogP contribution in [0.5, 0.6) is 0 Å². The summed E-state index contributed by atoms with van der Waals surface area (Å²) in [5.41, 5.74) is 1.05. The SMILES string of the molecule is CC[C@@]1(C)CN(C(=O)NCc2ccc(F)c(COC)c2)CCO1. The Balaban J connectivity index is 1.92. The Morgan fingerprint density at radius 1 is 1.52 bits per heavy atom. The number of hydrogen-bond acceptors (Lipinski definition) is 3. The normalized spacial score (nSPS) is 21.3. The van der Waals surface area contributed by atoms with Gasteiger partial charge in [0.25, 0.3) is 0 Å². The Kier molecular flexibility index (Phi) is 5.96. The summed E-state index contributed by atoms with van der Waals surface area (Å²) in [5, 5.41) is 2.89. The van der Waals surface area contributed by atoms with Crippen LogP contribution in [0.4, 0.5) is 9.18 Å². The van der Waals surface area contributed by atoms with Gasteiger partial charge in [0.05, 0.1) is 25.4 Å². The van der Waals surface area contributed by atoms with E-state index in [2.05, 4.69) is 12.2 Å². The van der Waals surface area contributed by atoms with E-state index in [9.17, 15) is 9.18 Å². The van der Waals surface area contributed by atoms with Crippen LogP contribution >= 0.6 is 0 Å². The molecule has 1 aliphatic rings. The van der Waals surface area contributed by atoms with Crippen molar-refractivity contribution in [1.82, 2.24) is 10.2 Å². The lowest BCUT2D eigenvalue weighted by Crippen LogP contribution is -2.54. The molecule has 0 aromatic heterocycles. The van der Waals surface area contributed by atoms with Crippen molar-refractivity contribution >= 4 is 6.03 Å². The van der Waals surface area contributed by atoms with Crippen LogP contribution in [0, 0.1) is 5.82 Å². The summed E-state index contributed by atoms with van der Waals surface area (Å²) in [5.74, 6) is -0.297. The number of morpholine rings is 1. The predicted octanol–water partition coefficient (Wildman–Crippen LogP) is 2.68. The summed E-state index contributed by atoms with van der Waals surface area (Å²) in [6.45, 7) is 6.35. The average molecular weight is 324 g/mol. The van der Waals surface area contributed by atoms with Crippen molar-refractivity contribution in [3.05, 3.63) is 35.1 Å². The van der Waals surface area contributed by atoms with E-state index in [4.69, 9.17) is 9.47 Å². The third-order valence-corrected chi connectivity index (χ3v) is 4.23. The minimum atomic E-state index is -0.297. The number of urea groups is 1. The molecule has 0 bridgehead atoms. The molecule has 6 heteroatoms. The maximum Gasteiger partial charge on any atom is 0.317 e. The van der Waals surface area contributed by atoms with Crippen LogP contribution in [-0.4, -0.2) is 43.3 Å². The quantitative estimate of drug-likeness (QED) is 0.906. The molecule has 5 nitrogen and oxygen atoms in total. The third-order valence-electron chi connectivity index (χ3n) is 4.23. The highest BCUT2D eigenvalue weighted by molar-refractivity contribution is 5.74. The first-order valence-corrected chi connectivity index (χ1v) is 7.90. The lowest BCUT2D eigenvalue weighted by Gasteiger charge is -2.39. The Morgan fingerprint density at radius 3 is 3.00 bits per heavy atom. The van der Waals surface area contributed by atoms with Crippen molar-refractivity contribution in [3.8, 4) is 0 Å². The van der Waals surface area contributed by atoms with Gasteiger partial charge in [0, 0.05) is 25.8 Å². The van der Waals surface area contributed by atoms with Crippen molar-refractivity contribution in [2.45, 2.75) is 39.0 Å². The van der Waals surface area contributed by atoms with Crippen LogP contribution in [0.15, 0.2) is 18.2 Å². The largest absolute Gasteiger partial charge is 0.380 e. The van der Waals surface area contributed by atoms with Crippen LogP contribution in [0.2, 0.25) is 0 Å². The topological polar surface area (TPSA) is 50.8 Å². The molecule has 0 saturated carbocycles. The van der Waals surface area contributed by atoms with Crippen LogP contribution in [0.25, 0.3) is 0 Å². The number of amides is 2. The van der Waals surface area contributed by atoms with E-state index in [0.717, 1.165) is 12.0 Å². The summed E-state index contributed by atoms with van der Waals surface area (Å²) < 4.78 is 24.3. The standard InChI is InChI=1S/C17H25FN2O3/c1-4-17(2)12-20(7-8-23-17)16(21)19-10-13-5-6-15(18)14(9-13)11-22-3/h5-6,9H,4,7-8,10-12H2,1-3H3,(H,19,21)/t17-/m0/s1. The molecule has 2 rings (SSSR count). The second-order valence-corrected chi connectivity index (χ2v) is 6.09. The van der Waals surface area contributed by atoms with Crippen molar-refractivity contribution in [2.75, 3.05) is 26.8 Å². The molecular formula is C17H25FN2O3. The monoisotopic (exact) mass is 324 g/mol. The van der Waals surface area contributed by atoms with Crippen molar-refractivity contribution in [2.24, 2.45) is 0 Å². The smallest absolute Gasteiger partial charge is 0.317 e. The molecule has 1 aromatic rings. The number of ether oxygens (including phenoxy) is 2. The number of carbonyl (C=O) groups is 1. The van der Waals surface area contributed by atoms with Gasteiger partial charge < -0.3 is 19.7 Å². The van der Waals surface area contributed by atoms with Gasteiger partial charge in [0.1, 0.15) is 5.82 Å². The Labute approximate surface area is 136 Å². The molecule has 1 aromatic carbocycles. The lowest BCUT2D eigenvalue weighted by atomic mass is 10.0. The van der Waals surface area contributed by atoms with E-state index in [1.54, 1.807) is 17.0 Å². The van der Waals surface area contributed by atoms with Crippen LogP contribution in [-0.2, 0) is 22.6 Å². The zero-order chi connectivity index (χ0) is 16.9. The van der Waals surface area contributed by atoms with E-state index in [1.807, 2.05) is 6.92 Å². The molecule has 1 saturated heterocycles. The molecule has 1 heterocycles. The maximum atomic E-state index is 13.6. The molecule has 0 radical (unpaired) electrons. The average Bonchev–Trinajstić information content (AvgIpc) is 2.55. The molecule has 128 valence electrons.